The van der Waals surface area contributed by atoms with Crippen molar-refractivity contribution in [2.75, 3.05) is 25.5 Å². The van der Waals surface area contributed by atoms with E-state index in [2.05, 4.69) is 15.4 Å². The topological polar surface area (TPSA) is 76.7 Å². The number of amides is 1. The lowest BCUT2D eigenvalue weighted by Crippen LogP contribution is -2.33. The molecule has 0 fully saturated rings. The Balaban J connectivity index is 2.42. The van der Waals surface area contributed by atoms with E-state index in [1.165, 1.54) is 19.2 Å². The first-order chi connectivity index (χ1) is 10.7. The molecule has 7 heteroatoms. The Kier molecular flexibility index (Phi) is 6.81. The summed E-state index contributed by atoms with van der Waals surface area (Å²) in [6.45, 7) is 6.27. The van der Waals surface area contributed by atoms with Crippen molar-refractivity contribution in [2.24, 2.45) is 0 Å². The van der Waals surface area contributed by atoms with E-state index in [1.807, 2.05) is 0 Å². The van der Waals surface area contributed by atoms with Crippen molar-refractivity contribution >= 4 is 17.7 Å². The second-order valence-electron chi connectivity index (χ2n) is 5.89. The van der Waals surface area contributed by atoms with Crippen molar-refractivity contribution in [1.82, 2.24) is 5.32 Å². The molecule has 0 spiro atoms. The van der Waals surface area contributed by atoms with Crippen molar-refractivity contribution in [3.63, 3.8) is 0 Å². The first-order valence-electron chi connectivity index (χ1n) is 7.31. The maximum Gasteiger partial charge on any atom is 0.407 e. The fraction of sp³-hybridized carbons (Fsp3) is 0.500. The van der Waals surface area contributed by atoms with Gasteiger partial charge in [0.15, 0.2) is 0 Å². The van der Waals surface area contributed by atoms with Gasteiger partial charge in [0.1, 0.15) is 11.4 Å². The monoisotopic (exact) mass is 326 g/mol. The van der Waals surface area contributed by atoms with Crippen LogP contribution in [0.25, 0.3) is 0 Å². The quantitative estimate of drug-likeness (QED) is 0.621. The Morgan fingerprint density at radius 1 is 1.22 bits per heavy atom. The molecule has 0 unspecified atom stereocenters. The van der Waals surface area contributed by atoms with Crippen LogP contribution in [0.3, 0.4) is 0 Å². The summed E-state index contributed by atoms with van der Waals surface area (Å²) in [4.78, 5) is 23.1. The van der Waals surface area contributed by atoms with Gasteiger partial charge in [-0.15, -0.1) is 0 Å². The zero-order valence-corrected chi connectivity index (χ0v) is 13.9. The van der Waals surface area contributed by atoms with Gasteiger partial charge in [-0.2, -0.15) is 0 Å². The molecule has 1 aromatic rings. The molecule has 0 saturated heterocycles. The van der Waals surface area contributed by atoms with Crippen LogP contribution in [-0.4, -0.2) is 37.9 Å². The minimum absolute atomic E-state index is 0.132. The Hall–Kier alpha value is -2.31. The minimum Gasteiger partial charge on any atom is -0.465 e. The number of benzene rings is 1. The Morgan fingerprint density at radius 3 is 2.52 bits per heavy atom. The molecule has 6 nitrogen and oxygen atoms in total. The number of hydrogen-bond donors (Lipinski definition) is 2. The van der Waals surface area contributed by atoms with Gasteiger partial charge in [-0.1, -0.05) is 0 Å². The second kappa shape index (κ2) is 8.36. The van der Waals surface area contributed by atoms with Gasteiger partial charge in [0.25, 0.3) is 0 Å². The molecule has 0 atom stereocenters. The summed E-state index contributed by atoms with van der Waals surface area (Å²) in [5, 5.41) is 5.65. The van der Waals surface area contributed by atoms with Crippen LogP contribution in [0.2, 0.25) is 0 Å². The standard InChI is InChI=1S/C16H23FN2O4/c1-16(2,3)23-15(21)19-9-5-8-18-13-7-6-11(17)10-12(13)14(20)22-4/h6-7,10,18H,5,8-9H2,1-4H3,(H,19,21). The van der Waals surface area contributed by atoms with E-state index in [-0.39, 0.29) is 5.56 Å². The van der Waals surface area contributed by atoms with Crippen LogP contribution >= 0.6 is 0 Å². The number of hydrogen-bond acceptors (Lipinski definition) is 5. The van der Waals surface area contributed by atoms with Crippen LogP contribution in [0.1, 0.15) is 37.6 Å². The highest BCUT2D eigenvalue weighted by molar-refractivity contribution is 5.95. The predicted octanol–water partition coefficient (Wildman–Crippen LogP) is 2.94. The highest BCUT2D eigenvalue weighted by atomic mass is 19.1. The van der Waals surface area contributed by atoms with E-state index in [9.17, 15) is 14.0 Å². The van der Waals surface area contributed by atoms with Gasteiger partial charge in [-0.3, -0.25) is 0 Å². The van der Waals surface area contributed by atoms with Gasteiger partial charge in [0, 0.05) is 18.8 Å². The predicted molar refractivity (Wildman–Crippen MR) is 85.1 cm³/mol. The van der Waals surface area contributed by atoms with E-state index in [1.54, 1.807) is 20.8 Å². The fourth-order valence-corrected chi connectivity index (χ4v) is 1.77. The van der Waals surface area contributed by atoms with Crippen LogP contribution in [0, 0.1) is 5.82 Å². The average molecular weight is 326 g/mol. The van der Waals surface area contributed by atoms with E-state index in [0.717, 1.165) is 6.07 Å². The van der Waals surface area contributed by atoms with Crippen molar-refractivity contribution in [3.8, 4) is 0 Å². The molecule has 1 amide bonds. The zero-order valence-electron chi connectivity index (χ0n) is 13.9. The summed E-state index contributed by atoms with van der Waals surface area (Å²) < 4.78 is 22.9. The van der Waals surface area contributed by atoms with Gasteiger partial charge in [0.2, 0.25) is 0 Å². The lowest BCUT2D eigenvalue weighted by atomic mass is 10.1. The molecule has 0 heterocycles. The molecule has 0 aliphatic heterocycles. The minimum atomic E-state index is -0.612. The fourth-order valence-electron chi connectivity index (χ4n) is 1.77. The second-order valence-corrected chi connectivity index (χ2v) is 5.89. The number of ether oxygens (including phenoxy) is 2. The normalized spacial score (nSPS) is 10.8. The lowest BCUT2D eigenvalue weighted by molar-refractivity contribution is 0.0526. The molecular weight excluding hydrogens is 303 g/mol. The summed E-state index contributed by atoms with van der Waals surface area (Å²) in [5.74, 6) is -1.12. The third-order valence-electron chi connectivity index (χ3n) is 2.72. The van der Waals surface area contributed by atoms with Crippen molar-refractivity contribution < 1.29 is 23.5 Å². The van der Waals surface area contributed by atoms with Gasteiger partial charge in [-0.25, -0.2) is 14.0 Å². The third kappa shape index (κ3) is 6.99. The Bertz CT molecular complexity index is 556. The number of esters is 1. The number of halogens is 1. The van der Waals surface area contributed by atoms with Crippen molar-refractivity contribution in [1.29, 1.82) is 0 Å². The van der Waals surface area contributed by atoms with Crippen LogP contribution in [0.15, 0.2) is 18.2 Å². The number of nitrogens with one attached hydrogen (secondary N) is 2. The molecule has 0 radical (unpaired) electrons. The zero-order chi connectivity index (χ0) is 17.5. The molecule has 0 saturated carbocycles. The summed E-state index contributed by atoms with van der Waals surface area (Å²) >= 11 is 0. The van der Waals surface area contributed by atoms with E-state index in [0.29, 0.717) is 25.2 Å². The molecule has 23 heavy (non-hydrogen) atoms. The lowest BCUT2D eigenvalue weighted by Gasteiger charge is -2.19. The first kappa shape index (κ1) is 18.7. The molecular formula is C16H23FN2O4. The van der Waals surface area contributed by atoms with E-state index in [4.69, 9.17) is 4.74 Å². The number of methoxy groups -OCH3 is 1. The van der Waals surface area contributed by atoms with Crippen LogP contribution in [0.5, 0.6) is 0 Å². The maximum absolute atomic E-state index is 13.2. The highest BCUT2D eigenvalue weighted by Gasteiger charge is 2.15. The van der Waals surface area contributed by atoms with Gasteiger partial charge < -0.3 is 20.1 Å². The number of rotatable bonds is 6. The molecule has 0 aliphatic carbocycles. The molecule has 1 rings (SSSR count). The molecule has 128 valence electrons. The summed E-state index contributed by atoms with van der Waals surface area (Å²) in [6.07, 6.45) is 0.131. The highest BCUT2D eigenvalue weighted by Crippen LogP contribution is 2.18. The largest absolute Gasteiger partial charge is 0.465 e. The van der Waals surface area contributed by atoms with Crippen molar-refractivity contribution in [2.45, 2.75) is 32.8 Å². The maximum atomic E-state index is 13.2. The smallest absolute Gasteiger partial charge is 0.407 e. The third-order valence-corrected chi connectivity index (χ3v) is 2.72. The van der Waals surface area contributed by atoms with Gasteiger partial charge >= 0.3 is 12.1 Å². The average Bonchev–Trinajstić information content (AvgIpc) is 2.45. The number of alkyl carbamates (subject to hydrolysis) is 1. The number of carbonyl (C=O) groups excluding carboxylic acids is 2. The molecule has 2 N–H and O–H groups in total. The number of carbonyl (C=O) groups is 2. The van der Waals surface area contributed by atoms with Gasteiger partial charge in [0.05, 0.1) is 12.7 Å². The van der Waals surface area contributed by atoms with Crippen LogP contribution < -0.4 is 10.6 Å². The molecule has 0 bridgehead atoms. The Labute approximate surface area is 135 Å². The Morgan fingerprint density at radius 2 is 1.91 bits per heavy atom. The summed E-state index contributed by atoms with van der Waals surface area (Å²) in [6, 6.07) is 3.85. The summed E-state index contributed by atoms with van der Waals surface area (Å²) in [5.41, 5.74) is 0.0781. The molecule has 0 aliphatic rings. The first-order valence-corrected chi connectivity index (χ1v) is 7.31. The van der Waals surface area contributed by atoms with Gasteiger partial charge in [-0.05, 0) is 45.4 Å². The SMILES string of the molecule is COC(=O)c1cc(F)ccc1NCCCNC(=O)OC(C)(C)C. The summed E-state index contributed by atoms with van der Waals surface area (Å²) in [7, 11) is 1.24. The van der Waals surface area contributed by atoms with Crippen LogP contribution in [0.4, 0.5) is 14.9 Å². The van der Waals surface area contributed by atoms with Crippen LogP contribution in [-0.2, 0) is 9.47 Å². The number of anilines is 1. The molecule has 1 aromatic carbocycles. The van der Waals surface area contributed by atoms with E-state index >= 15 is 0 Å². The van der Waals surface area contributed by atoms with E-state index < -0.39 is 23.5 Å². The molecule has 0 aromatic heterocycles. The van der Waals surface area contributed by atoms with Crippen molar-refractivity contribution in [3.05, 3.63) is 29.6 Å².